The normalized spacial score (nSPS) is 12.1. The van der Waals surface area contributed by atoms with E-state index in [1.54, 1.807) is 24.3 Å². The van der Waals surface area contributed by atoms with Crippen molar-refractivity contribution < 1.29 is 62.7 Å². The zero-order valence-electron chi connectivity index (χ0n) is 19.6. The van der Waals surface area contributed by atoms with Crippen molar-refractivity contribution in [3.8, 4) is 5.75 Å². The maximum Gasteiger partial charge on any atom is 2.00 e. The van der Waals surface area contributed by atoms with Gasteiger partial charge in [0.25, 0.3) is 0 Å². The molecule has 1 aromatic rings. The van der Waals surface area contributed by atoms with Crippen molar-refractivity contribution in [2.24, 2.45) is 0 Å². The van der Waals surface area contributed by atoms with Gasteiger partial charge in [-0.15, -0.1) is 0 Å². The van der Waals surface area contributed by atoms with E-state index in [0.717, 1.165) is 12.0 Å². The van der Waals surface area contributed by atoms with Crippen LogP contribution >= 0.6 is 20.7 Å². The fourth-order valence-corrected chi connectivity index (χ4v) is 3.60. The van der Waals surface area contributed by atoms with E-state index in [1.807, 2.05) is 6.29 Å². The average Bonchev–Trinajstić information content (AvgIpc) is 2.78. The van der Waals surface area contributed by atoms with Crippen LogP contribution in [0.1, 0.15) is 102 Å². The second-order valence-electron chi connectivity index (χ2n) is 7.67. The number of phosphoric acid groups is 1. The third-order valence-electron chi connectivity index (χ3n) is 4.92. The van der Waals surface area contributed by atoms with E-state index in [9.17, 15) is 9.36 Å². The molecule has 1 unspecified atom stereocenters. The quantitative estimate of drug-likeness (QED) is 0.0534. The molecule has 0 radical (unpaired) electrons. The summed E-state index contributed by atoms with van der Waals surface area (Å²) in [5.41, 5.74) is 1.01. The van der Waals surface area contributed by atoms with Crippen molar-refractivity contribution in [2.45, 2.75) is 103 Å². The molecule has 1 rings (SSSR count). The second kappa shape index (κ2) is 24.6. The fraction of sp³-hybridized carbons (Fsp3) is 0.667. The van der Waals surface area contributed by atoms with Crippen LogP contribution in [0.4, 0.5) is 0 Å². The SMILES string of the molecule is CCCCCCCCCCCCCCC[C-]=O.[CH2-]Cc1ccc(OP(=O)(O)OS)cc1.[Th+2]. The summed E-state index contributed by atoms with van der Waals surface area (Å²) in [5.74, 6) is 0.252. The Morgan fingerprint density at radius 1 is 0.906 bits per heavy atom. The number of hydrogen-bond donors (Lipinski definition) is 2. The van der Waals surface area contributed by atoms with E-state index >= 15 is 0 Å². The molecule has 0 aliphatic heterocycles. The molecule has 8 heteroatoms. The molecule has 32 heavy (non-hydrogen) atoms. The average molecular weight is 705 g/mol. The number of unbranched alkanes of at least 4 members (excludes halogenated alkanes) is 13. The maximum atomic E-state index is 10.9. The fourth-order valence-electron chi connectivity index (χ4n) is 3.08. The predicted molar refractivity (Wildman–Crippen MR) is 132 cm³/mol. The van der Waals surface area contributed by atoms with Gasteiger partial charge in [0.2, 0.25) is 0 Å². The molecule has 0 saturated heterocycles. The zero-order chi connectivity index (χ0) is 23.2. The van der Waals surface area contributed by atoms with Gasteiger partial charge in [0.15, 0.2) is 0 Å². The van der Waals surface area contributed by atoms with Crippen LogP contribution in [0.3, 0.4) is 0 Å². The molecule has 182 valence electrons. The van der Waals surface area contributed by atoms with Gasteiger partial charge >= 0.3 is 47.8 Å². The number of phosphoric ester groups is 1. The van der Waals surface area contributed by atoms with Crippen molar-refractivity contribution in [3.63, 3.8) is 0 Å². The van der Waals surface area contributed by atoms with Crippen LogP contribution in [0, 0.1) is 46.9 Å². The van der Waals surface area contributed by atoms with E-state index in [4.69, 9.17) is 4.89 Å². The smallest absolute Gasteiger partial charge is 0.542 e. The summed E-state index contributed by atoms with van der Waals surface area (Å²) in [6.07, 6.45) is 20.9. The molecule has 0 heterocycles. The van der Waals surface area contributed by atoms with Crippen molar-refractivity contribution in [3.05, 3.63) is 36.8 Å². The minimum absolute atomic E-state index is 0. The minimum Gasteiger partial charge on any atom is -0.542 e. The van der Waals surface area contributed by atoms with E-state index in [0.29, 0.717) is 12.8 Å². The van der Waals surface area contributed by atoms with Gasteiger partial charge in [-0.05, 0) is 25.0 Å². The van der Waals surface area contributed by atoms with Gasteiger partial charge in [-0.1, -0.05) is 108 Å². The predicted octanol–water partition coefficient (Wildman–Crippen LogP) is 7.98. The molecule has 0 aliphatic rings. The molecule has 0 bridgehead atoms. The molecule has 0 aliphatic carbocycles. The number of thiol groups is 1. The number of carbonyl (C=O) groups excluding carboxylic acids is 1. The maximum absolute atomic E-state index is 10.9. The topological polar surface area (TPSA) is 72.8 Å². The Morgan fingerprint density at radius 3 is 1.72 bits per heavy atom. The molecule has 1 atom stereocenters. The second-order valence-corrected chi connectivity index (χ2v) is 9.45. The molecule has 0 amide bonds. The van der Waals surface area contributed by atoms with Crippen LogP contribution in [-0.2, 0) is 19.8 Å². The summed E-state index contributed by atoms with van der Waals surface area (Å²) in [4.78, 5) is 18.9. The number of benzene rings is 1. The third-order valence-corrected chi connectivity index (χ3v) is 6.19. The van der Waals surface area contributed by atoms with E-state index in [-0.39, 0.29) is 45.7 Å². The van der Waals surface area contributed by atoms with Crippen LogP contribution in [-0.4, -0.2) is 11.2 Å². The van der Waals surface area contributed by atoms with E-state index in [2.05, 4.69) is 35.3 Å². The standard InChI is InChI=1S/C16H31O.C8H10O4PS.Th/c1-2-3-4-5-6-7-8-9-10-11-12-13-14-15-16-17;1-2-7-3-5-8(6-4-7)11-13(9,10)12-14;/h2-15H2,1H3;3-6,14H,1-2H2,(H,9,10);/q2*-1;+2. The Balaban J connectivity index is 0. The molecular weight excluding hydrogens is 663 g/mol. The van der Waals surface area contributed by atoms with Crippen molar-refractivity contribution in [1.82, 2.24) is 0 Å². The van der Waals surface area contributed by atoms with Crippen LogP contribution in [0.15, 0.2) is 24.3 Å². The van der Waals surface area contributed by atoms with Gasteiger partial charge in [0, 0.05) is 0 Å². The first-order valence-corrected chi connectivity index (χ1v) is 13.4. The van der Waals surface area contributed by atoms with Crippen molar-refractivity contribution in [2.75, 3.05) is 0 Å². The van der Waals surface area contributed by atoms with Gasteiger partial charge in [-0.3, -0.25) is 11.2 Å². The first-order valence-electron chi connectivity index (χ1n) is 11.6. The summed E-state index contributed by atoms with van der Waals surface area (Å²) >= 11 is 3.22. The van der Waals surface area contributed by atoms with Crippen LogP contribution in [0.5, 0.6) is 5.75 Å². The molecule has 1 N–H and O–H groups in total. The first kappa shape index (κ1) is 34.7. The zero-order valence-corrected chi connectivity index (χ0v) is 25.5. The third kappa shape index (κ3) is 22.3. The summed E-state index contributed by atoms with van der Waals surface area (Å²) in [5, 5.41) is 0. The van der Waals surface area contributed by atoms with Crippen molar-refractivity contribution in [1.29, 1.82) is 0 Å². The van der Waals surface area contributed by atoms with Crippen LogP contribution < -0.4 is 4.52 Å². The van der Waals surface area contributed by atoms with Crippen LogP contribution in [0.25, 0.3) is 0 Å². The van der Waals surface area contributed by atoms with Crippen LogP contribution in [0.2, 0.25) is 0 Å². The molecule has 5 nitrogen and oxygen atoms in total. The van der Waals surface area contributed by atoms with Gasteiger partial charge in [-0.25, -0.2) is 8.54 Å². The number of rotatable bonds is 18. The van der Waals surface area contributed by atoms with Gasteiger partial charge < -0.3 is 16.2 Å². The number of hydrogen-bond acceptors (Lipinski definition) is 5. The van der Waals surface area contributed by atoms with Crippen molar-refractivity contribution >= 4 is 27.0 Å². The van der Waals surface area contributed by atoms with E-state index in [1.165, 1.54) is 77.0 Å². The minimum atomic E-state index is -4.07. The summed E-state index contributed by atoms with van der Waals surface area (Å²) < 4.78 is 19.5. The molecule has 0 saturated carbocycles. The molecule has 0 fully saturated rings. The Kier molecular flexibility index (Phi) is 26.7. The summed E-state index contributed by atoms with van der Waals surface area (Å²) in [6.45, 7) is 5.97. The van der Waals surface area contributed by atoms with E-state index < -0.39 is 7.82 Å². The molecule has 0 aromatic heterocycles. The molecular formula is C24H41O5PSTh. The molecule has 0 spiro atoms. The Morgan fingerprint density at radius 2 is 1.34 bits per heavy atom. The largest absolute Gasteiger partial charge is 2.00 e. The molecule has 1 aromatic carbocycles. The Hall–Kier alpha value is 0.515. The monoisotopic (exact) mass is 704 g/mol. The summed E-state index contributed by atoms with van der Waals surface area (Å²) in [6, 6.07) is 6.63. The Labute approximate surface area is 233 Å². The first-order chi connectivity index (χ1) is 15.0. The van der Waals surface area contributed by atoms with Gasteiger partial charge in [0.1, 0.15) is 5.75 Å². The Bertz CT molecular complexity index is 586. The van der Waals surface area contributed by atoms with Gasteiger partial charge in [0.05, 0.1) is 0 Å². The summed E-state index contributed by atoms with van der Waals surface area (Å²) in [7, 11) is -4.07. The van der Waals surface area contributed by atoms with Gasteiger partial charge in [-0.2, -0.15) is 12.8 Å².